The van der Waals surface area contributed by atoms with Crippen LogP contribution in [-0.4, -0.2) is 34.2 Å². The van der Waals surface area contributed by atoms with Crippen LogP contribution in [-0.2, 0) is 11.3 Å². The average Bonchev–Trinajstić information content (AvgIpc) is 3.33. The van der Waals surface area contributed by atoms with Crippen LogP contribution in [0.15, 0.2) is 69.2 Å². The first-order chi connectivity index (χ1) is 15.9. The lowest BCUT2D eigenvalue weighted by Gasteiger charge is -2.13. The van der Waals surface area contributed by atoms with Gasteiger partial charge >= 0.3 is 5.97 Å². The summed E-state index contributed by atoms with van der Waals surface area (Å²) in [6.45, 7) is 4.01. The van der Waals surface area contributed by atoms with Gasteiger partial charge in [0.05, 0.1) is 42.1 Å². The summed E-state index contributed by atoms with van der Waals surface area (Å²) < 4.78 is 11.7. The molecule has 2 aromatic heterocycles. The molecule has 33 heavy (non-hydrogen) atoms. The van der Waals surface area contributed by atoms with Gasteiger partial charge in [0.15, 0.2) is 10.9 Å². The SMILES string of the molecule is COC(=O)c1ccc2c(=O)n(Cc3ccco3)c(SCC(=O)c3cc(C)ccc3C)nc2c1. The Kier molecular flexibility index (Phi) is 6.46. The highest BCUT2D eigenvalue weighted by atomic mass is 32.2. The van der Waals surface area contributed by atoms with Crippen LogP contribution in [0.25, 0.3) is 10.9 Å². The third-order valence-corrected chi connectivity index (χ3v) is 6.24. The van der Waals surface area contributed by atoms with Gasteiger partial charge in [-0.3, -0.25) is 14.2 Å². The maximum atomic E-state index is 13.3. The Morgan fingerprint density at radius 3 is 2.67 bits per heavy atom. The number of methoxy groups -OCH3 is 1. The van der Waals surface area contributed by atoms with Crippen molar-refractivity contribution in [2.24, 2.45) is 0 Å². The van der Waals surface area contributed by atoms with E-state index in [9.17, 15) is 14.4 Å². The van der Waals surface area contributed by atoms with Crippen LogP contribution in [0.4, 0.5) is 0 Å². The van der Waals surface area contributed by atoms with Gasteiger partial charge in [-0.15, -0.1) is 0 Å². The molecule has 0 N–H and O–H groups in total. The molecule has 0 atom stereocenters. The smallest absolute Gasteiger partial charge is 0.337 e. The number of ketones is 1. The first-order valence-corrected chi connectivity index (χ1v) is 11.2. The second kappa shape index (κ2) is 9.46. The third kappa shape index (κ3) is 4.75. The Morgan fingerprint density at radius 2 is 1.94 bits per heavy atom. The molecule has 0 unspecified atom stereocenters. The van der Waals surface area contributed by atoms with E-state index < -0.39 is 5.97 Å². The van der Waals surface area contributed by atoms with Crippen LogP contribution in [0, 0.1) is 13.8 Å². The van der Waals surface area contributed by atoms with E-state index in [1.165, 1.54) is 41.8 Å². The fourth-order valence-electron chi connectivity index (χ4n) is 3.50. The molecule has 0 radical (unpaired) electrons. The fourth-order valence-corrected chi connectivity index (χ4v) is 4.38. The lowest BCUT2D eigenvalue weighted by molar-refractivity contribution is 0.0600. The highest BCUT2D eigenvalue weighted by Crippen LogP contribution is 2.22. The lowest BCUT2D eigenvalue weighted by atomic mass is 10.0. The summed E-state index contributed by atoms with van der Waals surface area (Å²) in [6.07, 6.45) is 1.54. The number of esters is 1. The molecule has 4 rings (SSSR count). The Labute approximate surface area is 194 Å². The molecule has 0 fully saturated rings. The highest BCUT2D eigenvalue weighted by molar-refractivity contribution is 7.99. The van der Waals surface area contributed by atoms with E-state index in [0.29, 0.717) is 32.9 Å². The molecule has 0 aliphatic heterocycles. The van der Waals surface area contributed by atoms with E-state index in [1.807, 2.05) is 32.0 Å². The number of carbonyl (C=O) groups excluding carboxylic acids is 2. The van der Waals surface area contributed by atoms with Crippen molar-refractivity contribution < 1.29 is 18.7 Å². The number of hydrogen-bond acceptors (Lipinski definition) is 7. The van der Waals surface area contributed by atoms with Gasteiger partial charge in [-0.2, -0.15) is 0 Å². The first-order valence-electron chi connectivity index (χ1n) is 10.3. The van der Waals surface area contributed by atoms with E-state index in [2.05, 4.69) is 4.98 Å². The second-order valence-electron chi connectivity index (χ2n) is 7.62. The molecule has 4 aromatic rings. The number of ether oxygens (including phenoxy) is 1. The number of thioether (sulfide) groups is 1. The molecule has 7 nitrogen and oxygen atoms in total. The Bertz CT molecular complexity index is 1410. The number of hydrogen-bond donors (Lipinski definition) is 0. The van der Waals surface area contributed by atoms with Gasteiger partial charge in [0.25, 0.3) is 5.56 Å². The van der Waals surface area contributed by atoms with Crippen molar-refractivity contribution in [3.05, 3.63) is 93.2 Å². The Morgan fingerprint density at radius 1 is 1.12 bits per heavy atom. The first kappa shape index (κ1) is 22.5. The van der Waals surface area contributed by atoms with E-state index in [1.54, 1.807) is 18.2 Å². The molecule has 0 aliphatic rings. The molecule has 0 saturated heterocycles. The molecule has 8 heteroatoms. The maximum Gasteiger partial charge on any atom is 0.337 e. The van der Waals surface area contributed by atoms with Crippen molar-refractivity contribution in [3.8, 4) is 0 Å². The summed E-state index contributed by atoms with van der Waals surface area (Å²) >= 11 is 1.18. The van der Waals surface area contributed by atoms with Crippen molar-refractivity contribution >= 4 is 34.4 Å². The van der Waals surface area contributed by atoms with Crippen LogP contribution in [0.1, 0.15) is 37.6 Å². The summed E-state index contributed by atoms with van der Waals surface area (Å²) in [7, 11) is 1.29. The Hall–Kier alpha value is -3.65. The highest BCUT2D eigenvalue weighted by Gasteiger charge is 2.18. The second-order valence-corrected chi connectivity index (χ2v) is 8.56. The number of aromatic nitrogens is 2. The molecule has 0 bridgehead atoms. The van der Waals surface area contributed by atoms with Crippen LogP contribution >= 0.6 is 11.8 Å². The lowest BCUT2D eigenvalue weighted by Crippen LogP contribution is -2.24. The summed E-state index contributed by atoms with van der Waals surface area (Å²) in [5.41, 5.74) is 2.92. The van der Waals surface area contributed by atoms with Gasteiger partial charge in [0, 0.05) is 5.56 Å². The number of benzene rings is 2. The number of nitrogens with zero attached hydrogens (tertiary/aromatic N) is 2. The molecule has 2 heterocycles. The van der Waals surface area contributed by atoms with E-state index in [0.717, 1.165) is 11.1 Å². The zero-order valence-corrected chi connectivity index (χ0v) is 19.3. The van der Waals surface area contributed by atoms with Crippen LogP contribution in [0.3, 0.4) is 0 Å². The molecular formula is C25H22N2O5S. The molecular weight excluding hydrogens is 440 g/mol. The summed E-state index contributed by atoms with van der Waals surface area (Å²) in [5.74, 6) is 0.130. The minimum atomic E-state index is -0.516. The molecule has 0 aliphatic carbocycles. The minimum Gasteiger partial charge on any atom is -0.467 e. The number of aryl methyl sites for hydroxylation is 2. The van der Waals surface area contributed by atoms with Crippen LogP contribution in [0.5, 0.6) is 0 Å². The van der Waals surface area contributed by atoms with Crippen molar-refractivity contribution in [2.45, 2.75) is 25.5 Å². The predicted molar refractivity (Wildman–Crippen MR) is 126 cm³/mol. The largest absolute Gasteiger partial charge is 0.467 e. The van der Waals surface area contributed by atoms with Gasteiger partial charge in [-0.25, -0.2) is 9.78 Å². The number of fused-ring (bicyclic) bond motifs is 1. The molecule has 168 valence electrons. The van der Waals surface area contributed by atoms with Gasteiger partial charge < -0.3 is 9.15 Å². The molecule has 0 amide bonds. The third-order valence-electron chi connectivity index (χ3n) is 5.26. The molecule has 0 spiro atoms. The van der Waals surface area contributed by atoms with Crippen LogP contribution in [0.2, 0.25) is 0 Å². The van der Waals surface area contributed by atoms with Crippen molar-refractivity contribution in [1.82, 2.24) is 9.55 Å². The quantitative estimate of drug-likeness (QED) is 0.174. The zero-order valence-electron chi connectivity index (χ0n) is 18.5. The number of Topliss-reactive ketones (excluding diaryl/α,β-unsaturated/α-hetero) is 1. The van der Waals surface area contributed by atoms with Crippen molar-refractivity contribution in [3.63, 3.8) is 0 Å². The molecule has 0 saturated carbocycles. The average molecular weight is 463 g/mol. The van der Waals surface area contributed by atoms with E-state index in [-0.39, 0.29) is 23.6 Å². The fraction of sp³-hybridized carbons (Fsp3) is 0.200. The minimum absolute atomic E-state index is 0.0524. The number of furan rings is 1. The van der Waals surface area contributed by atoms with Gasteiger partial charge in [0.1, 0.15) is 5.76 Å². The summed E-state index contributed by atoms with van der Waals surface area (Å²) in [5, 5.41) is 0.726. The summed E-state index contributed by atoms with van der Waals surface area (Å²) in [4.78, 5) is 42.8. The number of rotatable bonds is 7. The van der Waals surface area contributed by atoms with Crippen molar-refractivity contribution in [1.29, 1.82) is 0 Å². The predicted octanol–water partition coefficient (Wildman–Crippen LogP) is 4.42. The van der Waals surface area contributed by atoms with Gasteiger partial charge in [-0.1, -0.05) is 29.5 Å². The zero-order chi connectivity index (χ0) is 23.5. The number of carbonyl (C=O) groups is 2. The van der Waals surface area contributed by atoms with E-state index in [4.69, 9.17) is 9.15 Å². The van der Waals surface area contributed by atoms with Crippen LogP contribution < -0.4 is 5.56 Å². The maximum absolute atomic E-state index is 13.3. The topological polar surface area (TPSA) is 91.4 Å². The monoisotopic (exact) mass is 462 g/mol. The Balaban J connectivity index is 1.74. The van der Waals surface area contributed by atoms with Gasteiger partial charge in [-0.05, 0) is 55.8 Å². The van der Waals surface area contributed by atoms with E-state index >= 15 is 0 Å². The van der Waals surface area contributed by atoms with Crippen molar-refractivity contribution in [2.75, 3.05) is 12.9 Å². The summed E-state index contributed by atoms with van der Waals surface area (Å²) in [6, 6.07) is 13.9. The normalized spacial score (nSPS) is 11.0. The standard InChI is InChI=1S/C25H22N2O5S/c1-15-6-7-16(2)20(11-15)22(28)14-33-25-26-21-12-17(24(30)31-3)8-9-19(21)23(29)27(25)13-18-5-4-10-32-18/h4-12H,13-14H2,1-3H3. The van der Waals surface area contributed by atoms with Gasteiger partial charge in [0.2, 0.25) is 0 Å². The molecule has 2 aromatic carbocycles.